The van der Waals surface area contributed by atoms with Crippen LogP contribution in [0.25, 0.3) is 0 Å². The van der Waals surface area contributed by atoms with E-state index in [2.05, 4.69) is 45.6 Å². The second-order valence-corrected chi connectivity index (χ2v) is 6.46. The highest BCUT2D eigenvalue weighted by atomic mass is 15.2. The van der Waals surface area contributed by atoms with Crippen LogP contribution >= 0.6 is 0 Å². The summed E-state index contributed by atoms with van der Waals surface area (Å²) in [6.45, 7) is 13.3. The molecule has 0 saturated heterocycles. The van der Waals surface area contributed by atoms with Crippen LogP contribution in [0.2, 0.25) is 0 Å². The first-order valence-corrected chi connectivity index (χ1v) is 7.06. The van der Waals surface area contributed by atoms with Crippen molar-refractivity contribution in [2.24, 2.45) is 11.3 Å². The molecule has 1 rings (SSSR count). The van der Waals surface area contributed by atoms with E-state index in [1.807, 2.05) is 0 Å². The molecule has 0 unspecified atom stereocenters. The zero-order valence-electron chi connectivity index (χ0n) is 12.2. The fourth-order valence-corrected chi connectivity index (χ4v) is 3.29. The molecule has 0 aromatic rings. The maximum absolute atomic E-state index is 9.57. The van der Waals surface area contributed by atoms with E-state index in [-0.39, 0.29) is 5.54 Å². The van der Waals surface area contributed by atoms with Crippen molar-refractivity contribution in [1.82, 2.24) is 4.90 Å². The van der Waals surface area contributed by atoms with Crippen molar-refractivity contribution in [2.75, 3.05) is 13.1 Å². The molecule has 0 radical (unpaired) electrons. The van der Waals surface area contributed by atoms with Crippen LogP contribution in [0.15, 0.2) is 0 Å². The summed E-state index contributed by atoms with van der Waals surface area (Å²) >= 11 is 0. The van der Waals surface area contributed by atoms with Gasteiger partial charge in [-0.05, 0) is 50.1 Å². The van der Waals surface area contributed by atoms with Crippen molar-refractivity contribution in [3.05, 3.63) is 0 Å². The second-order valence-electron chi connectivity index (χ2n) is 6.46. The molecular weight excluding hydrogens is 208 g/mol. The first-order chi connectivity index (χ1) is 7.89. The van der Waals surface area contributed by atoms with Gasteiger partial charge >= 0.3 is 0 Å². The number of nitriles is 1. The fourth-order valence-electron chi connectivity index (χ4n) is 3.29. The van der Waals surface area contributed by atoms with Crippen molar-refractivity contribution in [3.8, 4) is 6.07 Å². The first-order valence-electron chi connectivity index (χ1n) is 7.06. The maximum atomic E-state index is 9.57. The van der Waals surface area contributed by atoms with Crippen LogP contribution in [0.1, 0.15) is 60.3 Å². The molecular formula is C15H28N2. The molecule has 1 saturated carbocycles. The van der Waals surface area contributed by atoms with E-state index in [1.54, 1.807) is 0 Å². The van der Waals surface area contributed by atoms with Gasteiger partial charge in [0.2, 0.25) is 0 Å². The zero-order valence-corrected chi connectivity index (χ0v) is 12.2. The third kappa shape index (κ3) is 3.01. The van der Waals surface area contributed by atoms with E-state index in [9.17, 15) is 5.26 Å². The predicted molar refractivity (Wildman–Crippen MR) is 72.7 cm³/mol. The quantitative estimate of drug-likeness (QED) is 0.744. The zero-order chi connectivity index (χ0) is 13.1. The Kier molecular flexibility index (Phi) is 4.61. The van der Waals surface area contributed by atoms with Crippen molar-refractivity contribution < 1.29 is 0 Å². The summed E-state index contributed by atoms with van der Waals surface area (Å²) in [6, 6.07) is 2.62. The van der Waals surface area contributed by atoms with E-state index in [0.29, 0.717) is 5.41 Å². The molecule has 17 heavy (non-hydrogen) atoms. The third-order valence-electron chi connectivity index (χ3n) is 4.61. The van der Waals surface area contributed by atoms with Gasteiger partial charge in [0.15, 0.2) is 0 Å². The number of hydrogen-bond donors (Lipinski definition) is 0. The number of rotatable bonds is 3. The van der Waals surface area contributed by atoms with Crippen molar-refractivity contribution in [3.63, 3.8) is 0 Å². The third-order valence-corrected chi connectivity index (χ3v) is 4.61. The molecule has 1 fully saturated rings. The molecule has 2 heteroatoms. The Morgan fingerprint density at radius 3 is 1.94 bits per heavy atom. The van der Waals surface area contributed by atoms with Crippen molar-refractivity contribution in [1.29, 1.82) is 5.26 Å². The molecule has 1 aliphatic rings. The van der Waals surface area contributed by atoms with Gasteiger partial charge in [0.25, 0.3) is 0 Å². The smallest absolute Gasteiger partial charge is 0.109 e. The summed E-state index contributed by atoms with van der Waals surface area (Å²) in [5, 5.41) is 9.57. The van der Waals surface area contributed by atoms with Gasteiger partial charge in [-0.2, -0.15) is 5.26 Å². The molecule has 0 amide bonds. The average molecular weight is 236 g/mol. The molecule has 0 bridgehead atoms. The van der Waals surface area contributed by atoms with Crippen LogP contribution in [0.3, 0.4) is 0 Å². The van der Waals surface area contributed by atoms with Gasteiger partial charge in [0.05, 0.1) is 6.07 Å². The topological polar surface area (TPSA) is 27.0 Å². The predicted octanol–water partition coefficient (Wildman–Crippen LogP) is 3.83. The lowest BCUT2D eigenvalue weighted by Crippen LogP contribution is -2.50. The van der Waals surface area contributed by atoms with Gasteiger partial charge in [-0.25, -0.2) is 0 Å². The highest BCUT2D eigenvalue weighted by molar-refractivity contribution is 5.10. The summed E-state index contributed by atoms with van der Waals surface area (Å²) in [7, 11) is 0. The van der Waals surface area contributed by atoms with Gasteiger partial charge in [-0.3, -0.25) is 4.90 Å². The lowest BCUT2D eigenvalue weighted by molar-refractivity contribution is 0.0599. The highest BCUT2D eigenvalue weighted by Crippen LogP contribution is 2.43. The molecule has 0 heterocycles. The first kappa shape index (κ1) is 14.5. The normalized spacial score (nSPS) is 30.3. The van der Waals surface area contributed by atoms with Gasteiger partial charge in [0, 0.05) is 0 Å². The van der Waals surface area contributed by atoms with E-state index < -0.39 is 0 Å². The van der Waals surface area contributed by atoms with Crippen LogP contribution in [-0.4, -0.2) is 23.5 Å². The van der Waals surface area contributed by atoms with E-state index in [0.717, 1.165) is 31.8 Å². The van der Waals surface area contributed by atoms with Crippen LogP contribution in [-0.2, 0) is 0 Å². The summed E-state index contributed by atoms with van der Waals surface area (Å²) < 4.78 is 0. The average Bonchev–Trinajstić information content (AvgIpc) is 2.30. The van der Waals surface area contributed by atoms with Crippen LogP contribution in [0.4, 0.5) is 0 Å². The summed E-state index contributed by atoms with van der Waals surface area (Å²) in [5.41, 5.74) is 0.218. The minimum Gasteiger partial charge on any atom is -0.286 e. The number of nitrogens with zero attached hydrogens (tertiary/aromatic N) is 2. The maximum Gasteiger partial charge on any atom is 0.109 e. The van der Waals surface area contributed by atoms with Gasteiger partial charge < -0.3 is 0 Å². The van der Waals surface area contributed by atoms with Crippen LogP contribution in [0, 0.1) is 22.7 Å². The minimum absolute atomic E-state index is 0.175. The van der Waals surface area contributed by atoms with Crippen molar-refractivity contribution in [2.45, 2.75) is 65.8 Å². The Hall–Kier alpha value is -0.550. The Morgan fingerprint density at radius 2 is 1.65 bits per heavy atom. The molecule has 0 aromatic heterocycles. The van der Waals surface area contributed by atoms with Crippen molar-refractivity contribution >= 4 is 0 Å². The Morgan fingerprint density at radius 1 is 1.18 bits per heavy atom. The molecule has 0 aliphatic heterocycles. The SMILES string of the molecule is CCN(CC)C1(C#N)CCC(C(C)(C)C)CC1. The summed E-state index contributed by atoms with van der Waals surface area (Å²) in [5.74, 6) is 0.777. The molecule has 0 atom stereocenters. The molecule has 2 nitrogen and oxygen atoms in total. The molecule has 1 aliphatic carbocycles. The lowest BCUT2D eigenvalue weighted by Gasteiger charge is -2.45. The van der Waals surface area contributed by atoms with Crippen LogP contribution in [0.5, 0.6) is 0 Å². The Labute approximate surface area is 107 Å². The van der Waals surface area contributed by atoms with E-state index in [1.165, 1.54) is 12.8 Å². The highest BCUT2D eigenvalue weighted by Gasteiger charge is 2.41. The molecule has 0 aromatic carbocycles. The van der Waals surface area contributed by atoms with E-state index >= 15 is 0 Å². The largest absolute Gasteiger partial charge is 0.286 e. The van der Waals surface area contributed by atoms with Gasteiger partial charge in [-0.15, -0.1) is 0 Å². The monoisotopic (exact) mass is 236 g/mol. The van der Waals surface area contributed by atoms with Gasteiger partial charge in [0.1, 0.15) is 5.54 Å². The second kappa shape index (κ2) is 5.40. The standard InChI is InChI=1S/C15H28N2/c1-6-17(7-2)15(12-16)10-8-13(9-11-15)14(3,4)5/h13H,6-11H2,1-5H3. The summed E-state index contributed by atoms with van der Waals surface area (Å²) in [4.78, 5) is 2.35. The number of hydrogen-bond acceptors (Lipinski definition) is 2. The van der Waals surface area contributed by atoms with Gasteiger partial charge in [-0.1, -0.05) is 34.6 Å². The Balaban J connectivity index is 2.74. The summed E-state index contributed by atoms with van der Waals surface area (Å²) in [6.07, 6.45) is 4.50. The van der Waals surface area contributed by atoms with Crippen LogP contribution < -0.4 is 0 Å². The molecule has 0 N–H and O–H groups in total. The fraction of sp³-hybridized carbons (Fsp3) is 0.933. The van der Waals surface area contributed by atoms with E-state index in [4.69, 9.17) is 0 Å². The minimum atomic E-state index is -0.175. The lowest BCUT2D eigenvalue weighted by atomic mass is 9.67. The Bertz CT molecular complexity index is 270. The molecule has 0 spiro atoms. The molecule has 98 valence electrons.